The van der Waals surface area contributed by atoms with Crippen molar-refractivity contribution in [3.05, 3.63) is 65.0 Å². The van der Waals surface area contributed by atoms with E-state index in [1.54, 1.807) is 0 Å². The summed E-state index contributed by atoms with van der Waals surface area (Å²) in [5, 5.41) is 0.0566. The van der Waals surface area contributed by atoms with Gasteiger partial charge in [0.25, 0.3) is 0 Å². The Bertz CT molecular complexity index is 479. The van der Waals surface area contributed by atoms with Crippen LogP contribution in [0.4, 0.5) is 0 Å². The Morgan fingerprint density at radius 3 is 2.62 bits per heavy atom. The molecule has 1 aromatic carbocycles. The molecule has 1 heterocycles. The average molecular weight is 229 g/mol. The van der Waals surface area contributed by atoms with Crippen LogP contribution in [0.5, 0.6) is 0 Å². The van der Waals surface area contributed by atoms with Crippen molar-refractivity contribution in [3.63, 3.8) is 0 Å². The Balaban J connectivity index is 2.41. The van der Waals surface area contributed by atoms with Crippen LogP contribution in [-0.4, -0.2) is 4.98 Å². The molecule has 0 saturated heterocycles. The first-order valence-corrected chi connectivity index (χ1v) is 5.86. The predicted octanol–water partition coefficient (Wildman–Crippen LogP) is 3.72. The molecule has 2 aromatic rings. The van der Waals surface area contributed by atoms with Crippen molar-refractivity contribution in [2.75, 3.05) is 0 Å². The van der Waals surface area contributed by atoms with E-state index in [1.807, 2.05) is 24.4 Å². The summed E-state index contributed by atoms with van der Waals surface area (Å²) < 4.78 is 0. The summed E-state index contributed by atoms with van der Waals surface area (Å²) in [6.45, 7) is 4.21. The van der Waals surface area contributed by atoms with Gasteiger partial charge in [0.2, 0.25) is 0 Å². The highest BCUT2D eigenvalue weighted by Crippen LogP contribution is 2.29. The molecule has 0 N–H and O–H groups in total. The number of rotatable bonds is 2. The van der Waals surface area contributed by atoms with Gasteiger partial charge in [-0.15, -0.1) is 0 Å². The van der Waals surface area contributed by atoms with Crippen LogP contribution in [0, 0.1) is 13.8 Å². The molecule has 0 bridgehead atoms. The predicted molar refractivity (Wildman–Crippen MR) is 71.0 cm³/mol. The molecule has 1 aromatic heterocycles. The second-order valence-corrected chi connectivity index (χ2v) is 4.53. The molecule has 0 fully saturated rings. The Morgan fingerprint density at radius 1 is 1.12 bits per heavy atom. The fraction of sp³-hybridized carbons (Fsp3) is 0.214. The molecule has 16 heavy (non-hydrogen) atoms. The zero-order chi connectivity index (χ0) is 11.5. The lowest BCUT2D eigenvalue weighted by Gasteiger charge is -2.14. The van der Waals surface area contributed by atoms with Crippen molar-refractivity contribution in [2.24, 2.45) is 0 Å². The second kappa shape index (κ2) is 4.71. The van der Waals surface area contributed by atoms with Gasteiger partial charge in [-0.05, 0) is 37.1 Å². The number of aryl methyl sites for hydroxylation is 2. The minimum atomic E-state index is 0.0566. The summed E-state index contributed by atoms with van der Waals surface area (Å²) in [6, 6.07) is 12.4. The molecule has 2 heteroatoms. The lowest BCUT2D eigenvalue weighted by Crippen LogP contribution is -1.99. The van der Waals surface area contributed by atoms with Crippen LogP contribution in [0.25, 0.3) is 0 Å². The molecule has 0 saturated carbocycles. The number of thiol groups is 1. The Morgan fingerprint density at radius 2 is 1.94 bits per heavy atom. The molecule has 1 unspecified atom stereocenters. The first kappa shape index (κ1) is 11.2. The van der Waals surface area contributed by atoms with E-state index in [4.69, 9.17) is 0 Å². The van der Waals surface area contributed by atoms with Crippen LogP contribution in [0.1, 0.15) is 27.6 Å². The Labute approximate surface area is 102 Å². The highest BCUT2D eigenvalue weighted by atomic mass is 32.1. The first-order chi connectivity index (χ1) is 7.68. The largest absolute Gasteiger partial charge is 0.260 e. The van der Waals surface area contributed by atoms with Gasteiger partial charge in [0.15, 0.2) is 0 Å². The first-order valence-electron chi connectivity index (χ1n) is 5.34. The molecule has 0 aliphatic rings. The number of aromatic nitrogens is 1. The van der Waals surface area contributed by atoms with Gasteiger partial charge in [-0.3, -0.25) is 4.98 Å². The topological polar surface area (TPSA) is 12.9 Å². The van der Waals surface area contributed by atoms with E-state index in [0.717, 1.165) is 5.69 Å². The number of pyridine rings is 1. The van der Waals surface area contributed by atoms with E-state index in [0.29, 0.717) is 0 Å². The normalized spacial score (nSPS) is 12.4. The van der Waals surface area contributed by atoms with Crippen molar-refractivity contribution in [1.82, 2.24) is 4.98 Å². The molecule has 2 rings (SSSR count). The van der Waals surface area contributed by atoms with Gasteiger partial charge in [0.05, 0.1) is 10.9 Å². The number of hydrogen-bond acceptors (Lipinski definition) is 2. The monoisotopic (exact) mass is 229 g/mol. The van der Waals surface area contributed by atoms with Gasteiger partial charge in [0.1, 0.15) is 0 Å². The van der Waals surface area contributed by atoms with Crippen LogP contribution in [0.3, 0.4) is 0 Å². The van der Waals surface area contributed by atoms with Gasteiger partial charge in [-0.25, -0.2) is 0 Å². The summed E-state index contributed by atoms with van der Waals surface area (Å²) in [4.78, 5) is 4.35. The highest BCUT2D eigenvalue weighted by Gasteiger charge is 2.12. The quantitative estimate of drug-likeness (QED) is 0.774. The van der Waals surface area contributed by atoms with Gasteiger partial charge >= 0.3 is 0 Å². The van der Waals surface area contributed by atoms with E-state index >= 15 is 0 Å². The molecular formula is C14H15NS. The lowest BCUT2D eigenvalue weighted by molar-refractivity contribution is 1.04. The molecule has 0 amide bonds. The summed E-state index contributed by atoms with van der Waals surface area (Å²) in [5.41, 5.74) is 4.76. The zero-order valence-electron chi connectivity index (χ0n) is 9.51. The highest BCUT2D eigenvalue weighted by molar-refractivity contribution is 7.80. The zero-order valence-corrected chi connectivity index (χ0v) is 10.4. The fourth-order valence-electron chi connectivity index (χ4n) is 1.75. The Hall–Kier alpha value is -1.28. The maximum Gasteiger partial charge on any atom is 0.0691 e. The molecule has 0 spiro atoms. The molecular weight excluding hydrogens is 214 g/mol. The molecule has 1 nitrogen and oxygen atoms in total. The van der Waals surface area contributed by atoms with Crippen molar-refractivity contribution < 1.29 is 0 Å². The summed E-state index contributed by atoms with van der Waals surface area (Å²) in [5.74, 6) is 0. The molecule has 1 atom stereocenters. The third-order valence-corrected chi connectivity index (χ3v) is 3.24. The summed E-state index contributed by atoms with van der Waals surface area (Å²) in [7, 11) is 0. The standard InChI is InChI=1S/C14H15NS/c1-10-6-7-11(2)12(9-10)14(16)13-5-3-4-8-15-13/h3-9,14,16H,1-2H3. The van der Waals surface area contributed by atoms with E-state index in [2.05, 4.69) is 49.7 Å². The van der Waals surface area contributed by atoms with Crippen molar-refractivity contribution in [2.45, 2.75) is 19.1 Å². The van der Waals surface area contributed by atoms with Gasteiger partial charge < -0.3 is 0 Å². The minimum absolute atomic E-state index is 0.0566. The van der Waals surface area contributed by atoms with Gasteiger partial charge in [-0.1, -0.05) is 29.8 Å². The van der Waals surface area contributed by atoms with Crippen molar-refractivity contribution >= 4 is 12.6 Å². The van der Waals surface area contributed by atoms with Crippen molar-refractivity contribution in [1.29, 1.82) is 0 Å². The van der Waals surface area contributed by atoms with E-state index in [1.165, 1.54) is 16.7 Å². The van der Waals surface area contributed by atoms with Crippen LogP contribution < -0.4 is 0 Å². The van der Waals surface area contributed by atoms with E-state index < -0.39 is 0 Å². The number of hydrogen-bond donors (Lipinski definition) is 1. The van der Waals surface area contributed by atoms with E-state index in [9.17, 15) is 0 Å². The Kier molecular flexibility index (Phi) is 3.30. The van der Waals surface area contributed by atoms with Crippen LogP contribution in [-0.2, 0) is 0 Å². The smallest absolute Gasteiger partial charge is 0.0691 e. The van der Waals surface area contributed by atoms with Gasteiger partial charge in [-0.2, -0.15) is 12.6 Å². The summed E-state index contributed by atoms with van der Waals surface area (Å²) >= 11 is 4.66. The maximum absolute atomic E-state index is 4.66. The van der Waals surface area contributed by atoms with Crippen LogP contribution in [0.2, 0.25) is 0 Å². The minimum Gasteiger partial charge on any atom is -0.260 e. The summed E-state index contributed by atoms with van der Waals surface area (Å²) in [6.07, 6.45) is 1.81. The lowest BCUT2D eigenvalue weighted by atomic mass is 10.0. The number of benzene rings is 1. The van der Waals surface area contributed by atoms with Crippen LogP contribution >= 0.6 is 12.6 Å². The molecule has 0 aliphatic carbocycles. The van der Waals surface area contributed by atoms with Crippen molar-refractivity contribution in [3.8, 4) is 0 Å². The molecule has 0 aliphatic heterocycles. The van der Waals surface area contributed by atoms with Crippen LogP contribution in [0.15, 0.2) is 42.6 Å². The SMILES string of the molecule is Cc1ccc(C)c(C(S)c2ccccn2)c1. The van der Waals surface area contributed by atoms with E-state index in [-0.39, 0.29) is 5.25 Å². The third kappa shape index (κ3) is 2.27. The average Bonchev–Trinajstić information content (AvgIpc) is 2.32. The molecule has 82 valence electrons. The maximum atomic E-state index is 4.66. The fourth-order valence-corrected chi connectivity index (χ4v) is 2.18. The third-order valence-electron chi connectivity index (χ3n) is 2.70. The second-order valence-electron chi connectivity index (χ2n) is 4.02. The van der Waals surface area contributed by atoms with Gasteiger partial charge in [0, 0.05) is 6.20 Å². The number of nitrogens with zero attached hydrogens (tertiary/aromatic N) is 1. The molecule has 0 radical (unpaired) electrons.